The smallest absolute Gasteiger partial charge is 0.222 e. The second-order valence-electron chi connectivity index (χ2n) is 3.70. The number of aryl methyl sites for hydroxylation is 1. The van der Waals surface area contributed by atoms with Crippen LogP contribution in [-0.4, -0.2) is 17.0 Å². The van der Waals surface area contributed by atoms with Crippen LogP contribution in [0.4, 0.5) is 10.3 Å². The molecule has 0 atom stereocenters. The van der Waals surface area contributed by atoms with Crippen LogP contribution in [0.1, 0.15) is 5.56 Å². The Kier molecular flexibility index (Phi) is 3.82. The quantitative estimate of drug-likeness (QED) is 0.844. The van der Waals surface area contributed by atoms with Crippen LogP contribution >= 0.6 is 27.5 Å². The van der Waals surface area contributed by atoms with Gasteiger partial charge in [-0.1, -0.05) is 11.6 Å². The van der Waals surface area contributed by atoms with Crippen molar-refractivity contribution in [2.45, 2.75) is 6.92 Å². The van der Waals surface area contributed by atoms with Gasteiger partial charge in [0.15, 0.2) is 5.82 Å². The number of halogens is 3. The molecule has 0 radical (unpaired) electrons. The maximum atomic E-state index is 14.1. The summed E-state index contributed by atoms with van der Waals surface area (Å²) in [5, 5.41) is 2.88. The number of nitrogens with zero attached hydrogens (tertiary/aromatic N) is 2. The average molecular weight is 331 g/mol. The van der Waals surface area contributed by atoms with E-state index in [4.69, 9.17) is 11.6 Å². The number of benzene rings is 1. The molecule has 1 N–H and O–H groups in total. The summed E-state index contributed by atoms with van der Waals surface area (Å²) in [6.07, 6.45) is 1.64. The van der Waals surface area contributed by atoms with Gasteiger partial charge in [0.2, 0.25) is 5.95 Å². The van der Waals surface area contributed by atoms with E-state index in [0.717, 1.165) is 5.56 Å². The molecular weight excluding hydrogens is 321 g/mol. The second kappa shape index (κ2) is 5.20. The van der Waals surface area contributed by atoms with Gasteiger partial charge >= 0.3 is 0 Å². The molecule has 2 rings (SSSR count). The van der Waals surface area contributed by atoms with Crippen LogP contribution in [-0.2, 0) is 0 Å². The van der Waals surface area contributed by atoms with Gasteiger partial charge in [-0.05, 0) is 40.5 Å². The number of anilines is 1. The van der Waals surface area contributed by atoms with E-state index in [1.54, 1.807) is 25.4 Å². The fraction of sp³-hybridized carbons (Fsp3) is 0.167. The first-order chi connectivity index (χ1) is 8.54. The third kappa shape index (κ3) is 2.33. The van der Waals surface area contributed by atoms with Gasteiger partial charge in [-0.3, -0.25) is 0 Å². The molecule has 94 valence electrons. The molecule has 0 aliphatic heterocycles. The van der Waals surface area contributed by atoms with Crippen molar-refractivity contribution in [1.29, 1.82) is 0 Å². The highest BCUT2D eigenvalue weighted by atomic mass is 79.9. The second-order valence-corrected chi connectivity index (χ2v) is 4.93. The van der Waals surface area contributed by atoms with Crippen molar-refractivity contribution in [1.82, 2.24) is 9.97 Å². The predicted molar refractivity (Wildman–Crippen MR) is 74.4 cm³/mol. The van der Waals surface area contributed by atoms with Crippen molar-refractivity contribution in [3.63, 3.8) is 0 Å². The van der Waals surface area contributed by atoms with Gasteiger partial charge in [-0.2, -0.15) is 0 Å². The van der Waals surface area contributed by atoms with Gasteiger partial charge in [0.1, 0.15) is 0 Å². The van der Waals surface area contributed by atoms with Crippen molar-refractivity contribution in [3.8, 4) is 11.3 Å². The van der Waals surface area contributed by atoms with Gasteiger partial charge in [0.05, 0.1) is 10.7 Å². The van der Waals surface area contributed by atoms with E-state index >= 15 is 0 Å². The molecule has 1 heterocycles. The highest BCUT2D eigenvalue weighted by Crippen LogP contribution is 2.33. The number of rotatable bonds is 2. The van der Waals surface area contributed by atoms with Crippen LogP contribution in [0, 0.1) is 12.7 Å². The van der Waals surface area contributed by atoms with Crippen LogP contribution in [0.5, 0.6) is 0 Å². The van der Waals surface area contributed by atoms with E-state index in [0.29, 0.717) is 21.7 Å². The number of hydrogen-bond acceptors (Lipinski definition) is 3. The number of nitrogens with one attached hydrogen (secondary N) is 1. The Morgan fingerprint density at radius 1 is 1.39 bits per heavy atom. The maximum Gasteiger partial charge on any atom is 0.222 e. The fourth-order valence-electron chi connectivity index (χ4n) is 1.54. The van der Waals surface area contributed by atoms with Crippen molar-refractivity contribution in [3.05, 3.63) is 39.2 Å². The maximum absolute atomic E-state index is 14.1. The molecule has 3 nitrogen and oxygen atoms in total. The highest BCUT2D eigenvalue weighted by molar-refractivity contribution is 9.10. The monoisotopic (exact) mass is 329 g/mol. The lowest BCUT2D eigenvalue weighted by molar-refractivity contribution is 0.630. The van der Waals surface area contributed by atoms with Gasteiger partial charge in [-0.15, -0.1) is 0 Å². The number of aromatic nitrogens is 2. The first-order valence-corrected chi connectivity index (χ1v) is 6.37. The molecule has 0 spiro atoms. The normalized spacial score (nSPS) is 10.5. The van der Waals surface area contributed by atoms with E-state index in [2.05, 4.69) is 31.2 Å². The lowest BCUT2D eigenvalue weighted by Crippen LogP contribution is -2.00. The molecule has 0 amide bonds. The lowest BCUT2D eigenvalue weighted by atomic mass is 10.1. The standard InChI is InChI=1S/C12H10BrClFN3/c1-6-5-17-12(16-2)18-11(6)7-3-4-8(13)9(14)10(7)15/h3-5H,1-2H3,(H,16,17,18). The zero-order valence-corrected chi connectivity index (χ0v) is 12.1. The van der Waals surface area contributed by atoms with Gasteiger partial charge in [0.25, 0.3) is 0 Å². The van der Waals surface area contributed by atoms with Crippen LogP contribution < -0.4 is 5.32 Å². The predicted octanol–water partition coefficient (Wildman–Crippen LogP) is 4.05. The molecule has 0 unspecified atom stereocenters. The summed E-state index contributed by atoms with van der Waals surface area (Å²) < 4.78 is 14.6. The Morgan fingerprint density at radius 3 is 2.78 bits per heavy atom. The van der Waals surface area contributed by atoms with Crippen LogP contribution in [0.25, 0.3) is 11.3 Å². The van der Waals surface area contributed by atoms with Crippen molar-refractivity contribution < 1.29 is 4.39 Å². The Morgan fingerprint density at radius 2 is 2.11 bits per heavy atom. The summed E-state index contributed by atoms with van der Waals surface area (Å²) >= 11 is 9.06. The van der Waals surface area contributed by atoms with E-state index in [1.165, 1.54) is 0 Å². The third-order valence-corrected chi connectivity index (χ3v) is 3.74. The minimum atomic E-state index is -0.491. The highest BCUT2D eigenvalue weighted by Gasteiger charge is 2.15. The van der Waals surface area contributed by atoms with Crippen molar-refractivity contribution in [2.24, 2.45) is 0 Å². The van der Waals surface area contributed by atoms with Crippen LogP contribution in [0.2, 0.25) is 5.02 Å². The zero-order chi connectivity index (χ0) is 13.3. The molecule has 0 fully saturated rings. The molecule has 0 saturated carbocycles. The molecule has 1 aromatic heterocycles. The van der Waals surface area contributed by atoms with E-state index in [-0.39, 0.29) is 5.02 Å². The summed E-state index contributed by atoms with van der Waals surface area (Å²) in [7, 11) is 1.71. The third-order valence-electron chi connectivity index (χ3n) is 2.49. The van der Waals surface area contributed by atoms with Crippen LogP contribution in [0.15, 0.2) is 22.8 Å². The topological polar surface area (TPSA) is 37.8 Å². The molecule has 2 aromatic rings. The Balaban J connectivity index is 2.65. The lowest BCUT2D eigenvalue weighted by Gasteiger charge is -2.09. The van der Waals surface area contributed by atoms with Crippen molar-refractivity contribution in [2.75, 3.05) is 12.4 Å². The van der Waals surface area contributed by atoms with E-state index < -0.39 is 5.82 Å². The number of hydrogen-bond donors (Lipinski definition) is 1. The van der Waals surface area contributed by atoms with E-state index in [9.17, 15) is 4.39 Å². The van der Waals surface area contributed by atoms with Gasteiger partial charge < -0.3 is 5.32 Å². The molecule has 0 bridgehead atoms. The molecular formula is C12H10BrClFN3. The summed E-state index contributed by atoms with van der Waals surface area (Å²) in [6, 6.07) is 3.33. The van der Waals surface area contributed by atoms with Crippen LogP contribution in [0.3, 0.4) is 0 Å². The van der Waals surface area contributed by atoms with Gasteiger partial charge in [-0.25, -0.2) is 14.4 Å². The minimum Gasteiger partial charge on any atom is -0.357 e. The van der Waals surface area contributed by atoms with Crippen molar-refractivity contribution >= 4 is 33.5 Å². The molecule has 0 aliphatic carbocycles. The Labute approximate surface area is 118 Å². The summed E-state index contributed by atoms with van der Waals surface area (Å²) in [6.45, 7) is 1.82. The molecule has 6 heteroatoms. The fourth-order valence-corrected chi connectivity index (χ4v) is 2.01. The minimum absolute atomic E-state index is 0.0523. The summed E-state index contributed by atoms with van der Waals surface area (Å²) in [5.41, 5.74) is 1.67. The first-order valence-electron chi connectivity index (χ1n) is 5.20. The largest absolute Gasteiger partial charge is 0.357 e. The van der Waals surface area contributed by atoms with Gasteiger partial charge in [0, 0.05) is 23.3 Å². The zero-order valence-electron chi connectivity index (χ0n) is 9.76. The molecule has 0 aliphatic rings. The summed E-state index contributed by atoms with van der Waals surface area (Å²) in [5.74, 6) is -0.0519. The molecule has 0 saturated heterocycles. The van der Waals surface area contributed by atoms with E-state index in [1.807, 2.05) is 6.92 Å². The molecule has 1 aromatic carbocycles. The molecule has 18 heavy (non-hydrogen) atoms. The average Bonchev–Trinajstić information content (AvgIpc) is 2.37. The Hall–Kier alpha value is -1.20. The Bertz CT molecular complexity index is 604. The SMILES string of the molecule is CNc1ncc(C)c(-c2ccc(Br)c(Cl)c2F)n1. The first kappa shape index (κ1) is 13.2. The summed E-state index contributed by atoms with van der Waals surface area (Å²) in [4.78, 5) is 8.32.